The molecule has 168 valence electrons. The van der Waals surface area contributed by atoms with Gasteiger partial charge < -0.3 is 24.3 Å². The standard InChI is InChI=1S/C25H27NO6/c1-29-20-10-9-18(15-7-8-19-16(13-15)14-26-23(19)27)21(22(20)30-2)32-25(11-12-25)24(28)31-17-5-3-4-6-17/h7-10,13,17H,3-6,11-12,14H2,1-2H3,(H,26,27). The van der Waals surface area contributed by atoms with Crippen LogP contribution in [0.15, 0.2) is 30.3 Å². The molecule has 7 heteroatoms. The smallest absolute Gasteiger partial charge is 0.350 e. The van der Waals surface area contributed by atoms with E-state index in [0.717, 1.165) is 42.4 Å². The summed E-state index contributed by atoms with van der Waals surface area (Å²) in [6, 6.07) is 9.37. The maximum Gasteiger partial charge on any atom is 0.350 e. The van der Waals surface area contributed by atoms with Crippen molar-refractivity contribution in [1.29, 1.82) is 0 Å². The van der Waals surface area contributed by atoms with Gasteiger partial charge in [0, 0.05) is 30.5 Å². The van der Waals surface area contributed by atoms with E-state index >= 15 is 0 Å². The Balaban J connectivity index is 1.52. The fourth-order valence-electron chi connectivity index (χ4n) is 4.55. The summed E-state index contributed by atoms with van der Waals surface area (Å²) in [4.78, 5) is 25.0. The van der Waals surface area contributed by atoms with Gasteiger partial charge in [0.25, 0.3) is 5.91 Å². The zero-order valence-corrected chi connectivity index (χ0v) is 18.4. The van der Waals surface area contributed by atoms with E-state index in [9.17, 15) is 9.59 Å². The van der Waals surface area contributed by atoms with Gasteiger partial charge in [-0.3, -0.25) is 4.79 Å². The average Bonchev–Trinajstić information content (AvgIpc) is 3.23. The summed E-state index contributed by atoms with van der Waals surface area (Å²) >= 11 is 0. The Labute approximate surface area is 187 Å². The van der Waals surface area contributed by atoms with E-state index in [2.05, 4.69) is 5.32 Å². The number of nitrogens with one attached hydrogen (secondary N) is 1. The molecule has 0 atom stereocenters. The second-order valence-corrected chi connectivity index (χ2v) is 8.64. The number of carbonyl (C=O) groups excluding carboxylic acids is 2. The maximum atomic E-state index is 13.0. The molecule has 2 aromatic rings. The molecule has 2 saturated carbocycles. The van der Waals surface area contributed by atoms with Gasteiger partial charge in [-0.15, -0.1) is 0 Å². The van der Waals surface area contributed by atoms with Gasteiger partial charge in [-0.25, -0.2) is 4.79 Å². The topological polar surface area (TPSA) is 83.1 Å². The Kier molecular flexibility index (Phi) is 5.19. The maximum absolute atomic E-state index is 13.0. The highest BCUT2D eigenvalue weighted by atomic mass is 16.6. The van der Waals surface area contributed by atoms with E-state index in [4.69, 9.17) is 18.9 Å². The first-order valence-electron chi connectivity index (χ1n) is 11.1. The van der Waals surface area contributed by atoms with Crippen LogP contribution in [-0.4, -0.2) is 37.8 Å². The van der Waals surface area contributed by atoms with Gasteiger partial charge in [0.1, 0.15) is 6.10 Å². The monoisotopic (exact) mass is 437 g/mol. The Hall–Kier alpha value is -3.22. The third kappa shape index (κ3) is 3.55. The van der Waals surface area contributed by atoms with E-state index in [1.807, 2.05) is 30.3 Å². The third-order valence-corrected chi connectivity index (χ3v) is 6.55. The van der Waals surface area contributed by atoms with Gasteiger partial charge in [0.2, 0.25) is 11.4 Å². The van der Waals surface area contributed by atoms with Crippen LogP contribution < -0.4 is 19.5 Å². The lowest BCUT2D eigenvalue weighted by atomic mass is 9.99. The van der Waals surface area contributed by atoms with Gasteiger partial charge in [0.15, 0.2) is 11.5 Å². The molecule has 1 heterocycles. The lowest BCUT2D eigenvalue weighted by Gasteiger charge is -2.24. The summed E-state index contributed by atoms with van der Waals surface area (Å²) in [5.41, 5.74) is 2.25. The van der Waals surface area contributed by atoms with Gasteiger partial charge in [-0.2, -0.15) is 0 Å². The molecule has 2 fully saturated rings. The molecule has 0 bridgehead atoms. The van der Waals surface area contributed by atoms with Crippen molar-refractivity contribution in [2.75, 3.05) is 14.2 Å². The summed E-state index contributed by atoms with van der Waals surface area (Å²) in [6.07, 6.45) is 5.19. The number of amides is 1. The van der Waals surface area contributed by atoms with E-state index in [0.29, 0.717) is 42.2 Å². The van der Waals surface area contributed by atoms with E-state index in [1.165, 1.54) is 0 Å². The van der Waals surface area contributed by atoms with Crippen molar-refractivity contribution in [3.8, 4) is 28.4 Å². The number of fused-ring (bicyclic) bond motifs is 1. The highest BCUT2D eigenvalue weighted by Crippen LogP contribution is 2.51. The van der Waals surface area contributed by atoms with Crippen LogP contribution in [0.3, 0.4) is 0 Å². The molecule has 5 rings (SSSR count). The van der Waals surface area contributed by atoms with Crippen molar-refractivity contribution in [3.05, 3.63) is 41.5 Å². The number of benzene rings is 2. The van der Waals surface area contributed by atoms with Gasteiger partial charge in [-0.05, 0) is 61.1 Å². The van der Waals surface area contributed by atoms with Crippen molar-refractivity contribution < 1.29 is 28.5 Å². The van der Waals surface area contributed by atoms with Gasteiger partial charge in [0.05, 0.1) is 14.2 Å². The highest BCUT2D eigenvalue weighted by molar-refractivity contribution is 5.99. The molecule has 1 N–H and O–H groups in total. The first-order valence-corrected chi connectivity index (χ1v) is 11.1. The van der Waals surface area contributed by atoms with E-state index in [1.54, 1.807) is 14.2 Å². The van der Waals surface area contributed by atoms with Crippen molar-refractivity contribution in [3.63, 3.8) is 0 Å². The van der Waals surface area contributed by atoms with Gasteiger partial charge in [-0.1, -0.05) is 6.07 Å². The number of methoxy groups -OCH3 is 2. The summed E-state index contributed by atoms with van der Waals surface area (Å²) < 4.78 is 23.3. The Morgan fingerprint density at radius 3 is 2.44 bits per heavy atom. The van der Waals surface area contributed by atoms with Crippen LogP contribution in [0.25, 0.3) is 11.1 Å². The second-order valence-electron chi connectivity index (χ2n) is 8.64. The Morgan fingerprint density at radius 1 is 1.00 bits per heavy atom. The predicted octanol–water partition coefficient (Wildman–Crippen LogP) is 4.01. The molecular formula is C25H27NO6. The summed E-state index contributed by atoms with van der Waals surface area (Å²) in [6.45, 7) is 0.489. The largest absolute Gasteiger partial charge is 0.493 e. The van der Waals surface area contributed by atoms with Crippen molar-refractivity contribution in [1.82, 2.24) is 5.32 Å². The molecule has 0 unspecified atom stereocenters. The Morgan fingerprint density at radius 2 is 1.75 bits per heavy atom. The molecule has 0 radical (unpaired) electrons. The van der Waals surface area contributed by atoms with Crippen LogP contribution in [0, 0.1) is 0 Å². The Bertz CT molecular complexity index is 1070. The second kappa shape index (κ2) is 8.04. The van der Waals surface area contributed by atoms with Crippen LogP contribution in [0.5, 0.6) is 17.2 Å². The predicted molar refractivity (Wildman–Crippen MR) is 117 cm³/mol. The van der Waals surface area contributed by atoms with Crippen LogP contribution in [0.2, 0.25) is 0 Å². The number of hydrogen-bond donors (Lipinski definition) is 1. The molecule has 7 nitrogen and oxygen atoms in total. The molecule has 32 heavy (non-hydrogen) atoms. The number of ether oxygens (including phenoxy) is 4. The fraction of sp³-hybridized carbons (Fsp3) is 0.440. The highest BCUT2D eigenvalue weighted by Gasteiger charge is 2.56. The summed E-state index contributed by atoms with van der Waals surface area (Å²) in [5.74, 6) is 1.03. The normalized spacial score (nSPS) is 18.6. The lowest BCUT2D eigenvalue weighted by Crippen LogP contribution is -2.34. The molecule has 2 aromatic carbocycles. The van der Waals surface area contributed by atoms with Gasteiger partial charge >= 0.3 is 5.97 Å². The number of carbonyl (C=O) groups is 2. The average molecular weight is 437 g/mol. The summed E-state index contributed by atoms with van der Waals surface area (Å²) in [5, 5.41) is 2.84. The van der Waals surface area contributed by atoms with E-state index in [-0.39, 0.29) is 18.0 Å². The minimum atomic E-state index is -0.995. The van der Waals surface area contributed by atoms with Crippen LogP contribution in [-0.2, 0) is 16.1 Å². The minimum absolute atomic E-state index is 0.0167. The van der Waals surface area contributed by atoms with Crippen molar-refractivity contribution in [2.24, 2.45) is 0 Å². The molecule has 2 aliphatic carbocycles. The molecule has 0 aromatic heterocycles. The van der Waals surface area contributed by atoms with E-state index < -0.39 is 5.60 Å². The van der Waals surface area contributed by atoms with Crippen molar-refractivity contribution in [2.45, 2.75) is 56.8 Å². The minimum Gasteiger partial charge on any atom is -0.493 e. The third-order valence-electron chi connectivity index (χ3n) is 6.55. The van der Waals surface area contributed by atoms with Crippen LogP contribution in [0.4, 0.5) is 0 Å². The lowest BCUT2D eigenvalue weighted by molar-refractivity contribution is -0.159. The quantitative estimate of drug-likeness (QED) is 0.659. The van der Waals surface area contributed by atoms with Crippen molar-refractivity contribution >= 4 is 11.9 Å². The summed E-state index contributed by atoms with van der Waals surface area (Å²) in [7, 11) is 3.12. The molecule has 1 aliphatic heterocycles. The molecular weight excluding hydrogens is 410 g/mol. The molecule has 0 saturated heterocycles. The molecule has 3 aliphatic rings. The number of rotatable bonds is 7. The zero-order valence-electron chi connectivity index (χ0n) is 18.4. The first kappa shape index (κ1) is 20.7. The molecule has 0 spiro atoms. The molecule has 1 amide bonds. The first-order chi connectivity index (χ1) is 15.5. The van der Waals surface area contributed by atoms with Crippen LogP contribution in [0.1, 0.15) is 54.4 Å². The number of hydrogen-bond acceptors (Lipinski definition) is 6. The SMILES string of the molecule is COc1ccc(-c2ccc3c(c2)CNC3=O)c(OC2(C(=O)OC3CCCC3)CC2)c1OC. The van der Waals surface area contributed by atoms with Crippen LogP contribution >= 0.6 is 0 Å². The zero-order chi connectivity index (χ0) is 22.3. The number of esters is 1. The fourth-order valence-corrected chi connectivity index (χ4v) is 4.55.